The second-order valence-electron chi connectivity index (χ2n) is 6.03. The van der Waals surface area contributed by atoms with E-state index in [0.717, 1.165) is 5.56 Å². The highest BCUT2D eigenvalue weighted by Gasteiger charge is 2.16. The van der Waals surface area contributed by atoms with Crippen LogP contribution in [0.3, 0.4) is 0 Å². The normalized spacial score (nSPS) is 14.7. The molecular formula is C16H25NO3. The highest BCUT2D eigenvalue weighted by Crippen LogP contribution is 2.17. The number of carbonyl (C=O) groups excluding carboxylic acids is 1. The molecule has 2 unspecified atom stereocenters. The molecule has 20 heavy (non-hydrogen) atoms. The van der Waals surface area contributed by atoms with Crippen molar-refractivity contribution in [2.45, 2.75) is 51.9 Å². The maximum absolute atomic E-state index is 11.7. The van der Waals surface area contributed by atoms with Crippen LogP contribution in [0.15, 0.2) is 30.3 Å². The summed E-state index contributed by atoms with van der Waals surface area (Å²) in [5.74, 6) is -0.160. The van der Waals surface area contributed by atoms with E-state index in [1.54, 1.807) is 0 Å². The van der Waals surface area contributed by atoms with Crippen LogP contribution in [-0.4, -0.2) is 29.3 Å². The standard InChI is InChI=1S/C16H25NO3/c1-12(17-15(19)11-20-16(2,3)4)10-14(18)13-8-6-5-7-9-13/h5-9,12,14,18H,10-11H2,1-4H3,(H,17,19). The molecular weight excluding hydrogens is 254 g/mol. The minimum atomic E-state index is -0.574. The SMILES string of the molecule is CC(CC(O)c1ccccc1)NC(=O)COC(C)(C)C. The van der Waals surface area contributed by atoms with E-state index in [1.807, 2.05) is 58.0 Å². The highest BCUT2D eigenvalue weighted by molar-refractivity contribution is 5.77. The van der Waals surface area contributed by atoms with Crippen molar-refractivity contribution in [2.24, 2.45) is 0 Å². The van der Waals surface area contributed by atoms with Crippen LogP contribution in [0, 0.1) is 0 Å². The lowest BCUT2D eigenvalue weighted by atomic mass is 10.0. The Morgan fingerprint density at radius 3 is 2.45 bits per heavy atom. The molecule has 4 nitrogen and oxygen atoms in total. The van der Waals surface area contributed by atoms with Crippen LogP contribution in [0.4, 0.5) is 0 Å². The molecule has 2 N–H and O–H groups in total. The number of ether oxygens (including phenoxy) is 1. The molecule has 1 rings (SSSR count). The van der Waals surface area contributed by atoms with E-state index in [4.69, 9.17) is 4.74 Å². The summed E-state index contributed by atoms with van der Waals surface area (Å²) in [6, 6.07) is 9.33. The van der Waals surface area contributed by atoms with Crippen molar-refractivity contribution in [1.29, 1.82) is 0 Å². The number of carbonyl (C=O) groups is 1. The zero-order valence-corrected chi connectivity index (χ0v) is 12.7. The van der Waals surface area contributed by atoms with E-state index in [-0.39, 0.29) is 24.2 Å². The first-order valence-electron chi connectivity index (χ1n) is 6.94. The summed E-state index contributed by atoms with van der Waals surface area (Å²) in [5, 5.41) is 12.9. The lowest BCUT2D eigenvalue weighted by Crippen LogP contribution is -2.38. The molecule has 2 atom stereocenters. The van der Waals surface area contributed by atoms with Gasteiger partial charge in [-0.1, -0.05) is 30.3 Å². The summed E-state index contributed by atoms with van der Waals surface area (Å²) in [4.78, 5) is 11.7. The molecule has 1 amide bonds. The van der Waals surface area contributed by atoms with Gasteiger partial charge in [-0.25, -0.2) is 0 Å². The molecule has 0 spiro atoms. The predicted molar refractivity (Wildman–Crippen MR) is 79.3 cm³/mol. The van der Waals surface area contributed by atoms with E-state index < -0.39 is 6.10 Å². The Bertz CT molecular complexity index is 411. The summed E-state index contributed by atoms with van der Waals surface area (Å²) in [6.07, 6.45) is -0.0966. The van der Waals surface area contributed by atoms with Gasteiger partial charge in [-0.2, -0.15) is 0 Å². The van der Waals surface area contributed by atoms with Crippen LogP contribution in [0.1, 0.15) is 45.8 Å². The fraction of sp³-hybridized carbons (Fsp3) is 0.562. The number of aliphatic hydroxyl groups excluding tert-OH is 1. The molecule has 1 aromatic carbocycles. The van der Waals surface area contributed by atoms with Crippen LogP contribution >= 0.6 is 0 Å². The van der Waals surface area contributed by atoms with Crippen molar-refractivity contribution < 1.29 is 14.6 Å². The van der Waals surface area contributed by atoms with Gasteiger partial charge in [-0.3, -0.25) is 4.79 Å². The molecule has 0 aromatic heterocycles. The smallest absolute Gasteiger partial charge is 0.246 e. The summed E-state index contributed by atoms with van der Waals surface area (Å²) in [7, 11) is 0. The van der Waals surface area contributed by atoms with Gasteiger partial charge in [-0.15, -0.1) is 0 Å². The number of amides is 1. The third-order valence-electron chi connectivity index (χ3n) is 2.80. The average molecular weight is 279 g/mol. The van der Waals surface area contributed by atoms with Crippen molar-refractivity contribution >= 4 is 5.91 Å². The molecule has 0 fully saturated rings. The third-order valence-corrected chi connectivity index (χ3v) is 2.80. The Labute approximate surface area is 121 Å². The van der Waals surface area contributed by atoms with Gasteiger partial charge in [-0.05, 0) is 39.7 Å². The fourth-order valence-electron chi connectivity index (χ4n) is 1.80. The van der Waals surface area contributed by atoms with E-state index in [0.29, 0.717) is 6.42 Å². The van der Waals surface area contributed by atoms with Gasteiger partial charge in [0.2, 0.25) is 5.91 Å². The van der Waals surface area contributed by atoms with Crippen molar-refractivity contribution in [2.75, 3.05) is 6.61 Å². The first-order chi connectivity index (χ1) is 9.28. The second-order valence-corrected chi connectivity index (χ2v) is 6.03. The van der Waals surface area contributed by atoms with Gasteiger partial charge >= 0.3 is 0 Å². The Hall–Kier alpha value is -1.39. The highest BCUT2D eigenvalue weighted by atomic mass is 16.5. The van der Waals surface area contributed by atoms with Crippen LogP contribution in [0.5, 0.6) is 0 Å². The molecule has 0 bridgehead atoms. The molecule has 0 aliphatic carbocycles. The number of nitrogens with one attached hydrogen (secondary N) is 1. The van der Waals surface area contributed by atoms with Crippen LogP contribution < -0.4 is 5.32 Å². The van der Waals surface area contributed by atoms with Crippen molar-refractivity contribution in [1.82, 2.24) is 5.32 Å². The van der Waals surface area contributed by atoms with Crippen molar-refractivity contribution in [3.63, 3.8) is 0 Å². The summed E-state index contributed by atoms with van der Waals surface area (Å²) < 4.78 is 5.41. The minimum Gasteiger partial charge on any atom is -0.388 e. The largest absolute Gasteiger partial charge is 0.388 e. The van der Waals surface area contributed by atoms with Gasteiger partial charge in [0, 0.05) is 6.04 Å². The van der Waals surface area contributed by atoms with Gasteiger partial charge in [0.15, 0.2) is 0 Å². The quantitative estimate of drug-likeness (QED) is 0.841. The zero-order chi connectivity index (χ0) is 15.2. The monoisotopic (exact) mass is 279 g/mol. The van der Waals surface area contributed by atoms with Crippen LogP contribution in [0.25, 0.3) is 0 Å². The molecule has 112 valence electrons. The molecule has 0 aliphatic heterocycles. The Balaban J connectivity index is 2.36. The predicted octanol–water partition coefficient (Wildman–Crippen LogP) is 2.43. The number of aliphatic hydroxyl groups is 1. The minimum absolute atomic E-state index is 0.0370. The molecule has 0 aliphatic rings. The van der Waals surface area contributed by atoms with E-state index in [9.17, 15) is 9.90 Å². The van der Waals surface area contributed by atoms with Gasteiger partial charge in [0.25, 0.3) is 0 Å². The summed E-state index contributed by atoms with van der Waals surface area (Å²) >= 11 is 0. The Morgan fingerprint density at radius 1 is 1.30 bits per heavy atom. The van der Waals surface area contributed by atoms with Gasteiger partial charge in [0.1, 0.15) is 6.61 Å². The molecule has 0 heterocycles. The lowest BCUT2D eigenvalue weighted by Gasteiger charge is -2.21. The first-order valence-corrected chi connectivity index (χ1v) is 6.94. The molecule has 0 saturated carbocycles. The molecule has 0 saturated heterocycles. The summed E-state index contributed by atoms with van der Waals surface area (Å²) in [6.45, 7) is 7.63. The number of hydrogen-bond donors (Lipinski definition) is 2. The first kappa shape index (κ1) is 16.7. The zero-order valence-electron chi connectivity index (χ0n) is 12.7. The van der Waals surface area contributed by atoms with Crippen LogP contribution in [0.2, 0.25) is 0 Å². The Morgan fingerprint density at radius 2 is 1.90 bits per heavy atom. The van der Waals surface area contributed by atoms with E-state index >= 15 is 0 Å². The third kappa shape index (κ3) is 6.68. The topological polar surface area (TPSA) is 58.6 Å². The number of rotatable bonds is 6. The number of benzene rings is 1. The van der Waals surface area contributed by atoms with Crippen molar-refractivity contribution in [3.8, 4) is 0 Å². The maximum Gasteiger partial charge on any atom is 0.246 e. The van der Waals surface area contributed by atoms with E-state index in [1.165, 1.54) is 0 Å². The van der Waals surface area contributed by atoms with E-state index in [2.05, 4.69) is 5.32 Å². The molecule has 4 heteroatoms. The Kier molecular flexibility index (Phi) is 6.17. The molecule has 1 aromatic rings. The van der Waals surface area contributed by atoms with Gasteiger partial charge < -0.3 is 15.2 Å². The summed E-state index contributed by atoms with van der Waals surface area (Å²) in [5.41, 5.74) is 0.531. The van der Waals surface area contributed by atoms with Crippen LogP contribution in [-0.2, 0) is 9.53 Å². The average Bonchev–Trinajstić information content (AvgIpc) is 2.36. The number of hydrogen-bond acceptors (Lipinski definition) is 3. The fourth-order valence-corrected chi connectivity index (χ4v) is 1.80. The molecule has 0 radical (unpaired) electrons. The van der Waals surface area contributed by atoms with Gasteiger partial charge in [0.05, 0.1) is 11.7 Å². The second kappa shape index (κ2) is 7.41. The van der Waals surface area contributed by atoms with Crippen molar-refractivity contribution in [3.05, 3.63) is 35.9 Å². The maximum atomic E-state index is 11.7. The lowest BCUT2D eigenvalue weighted by molar-refractivity contribution is -0.131.